The predicted octanol–water partition coefficient (Wildman–Crippen LogP) is 0.278. The Morgan fingerprint density at radius 1 is 1.32 bits per heavy atom. The maximum Gasteiger partial charge on any atom is 0.243 e. The average Bonchev–Trinajstić information content (AvgIpc) is 2.39. The summed E-state index contributed by atoms with van der Waals surface area (Å²) in [4.78, 5) is 11.3. The summed E-state index contributed by atoms with van der Waals surface area (Å²) < 4.78 is 26.0. The van der Waals surface area contributed by atoms with Gasteiger partial charge in [0.2, 0.25) is 15.9 Å². The van der Waals surface area contributed by atoms with Crippen molar-refractivity contribution in [2.75, 3.05) is 13.1 Å². The summed E-state index contributed by atoms with van der Waals surface area (Å²) in [5.41, 5.74) is 5.24. The second-order valence-electron chi connectivity index (χ2n) is 4.60. The molecule has 0 bridgehead atoms. The Hall–Kier alpha value is -1.60. The number of nitrogens with zero attached hydrogens (tertiary/aromatic N) is 1. The summed E-state index contributed by atoms with van der Waals surface area (Å²) in [5.74, 6) is -0.890. The topological polar surface area (TPSA) is 101 Å². The van der Waals surface area contributed by atoms with Crippen LogP contribution < -0.4 is 5.73 Å². The van der Waals surface area contributed by atoms with Crippen molar-refractivity contribution in [1.82, 2.24) is 4.31 Å². The molecule has 1 aromatic rings. The Morgan fingerprint density at radius 2 is 1.95 bits per heavy atom. The van der Waals surface area contributed by atoms with Gasteiger partial charge in [-0.1, -0.05) is 0 Å². The van der Waals surface area contributed by atoms with Crippen LogP contribution in [0.3, 0.4) is 0 Å². The molecule has 1 fully saturated rings. The lowest BCUT2D eigenvalue weighted by Crippen LogP contribution is -2.43. The molecular formula is C12H16N2O4S. The van der Waals surface area contributed by atoms with Gasteiger partial charge < -0.3 is 10.8 Å². The Morgan fingerprint density at radius 3 is 2.53 bits per heavy atom. The number of benzene rings is 1. The average molecular weight is 284 g/mol. The molecule has 1 aromatic carbocycles. The molecular weight excluding hydrogens is 268 g/mol. The van der Waals surface area contributed by atoms with E-state index in [1.54, 1.807) is 0 Å². The van der Waals surface area contributed by atoms with E-state index >= 15 is 0 Å². The summed E-state index contributed by atoms with van der Waals surface area (Å²) in [6, 6.07) is 5.34. The lowest BCUT2D eigenvalue weighted by molar-refractivity contribution is -0.122. The molecule has 1 aliphatic rings. The van der Waals surface area contributed by atoms with Crippen LogP contribution in [0.2, 0.25) is 0 Å². The molecule has 2 rings (SSSR count). The van der Waals surface area contributed by atoms with Crippen molar-refractivity contribution >= 4 is 15.9 Å². The Bertz CT molecular complexity index is 568. The van der Waals surface area contributed by atoms with E-state index in [2.05, 4.69) is 0 Å². The van der Waals surface area contributed by atoms with Gasteiger partial charge in [0.15, 0.2) is 0 Å². The molecule has 1 heterocycles. The zero-order valence-corrected chi connectivity index (χ0v) is 11.1. The number of primary amides is 1. The summed E-state index contributed by atoms with van der Waals surface area (Å²) in [6.45, 7) is 0.505. The lowest BCUT2D eigenvalue weighted by Gasteiger charge is -2.30. The van der Waals surface area contributed by atoms with Gasteiger partial charge >= 0.3 is 0 Å². The molecule has 19 heavy (non-hydrogen) atoms. The van der Waals surface area contributed by atoms with Gasteiger partial charge in [-0.15, -0.1) is 0 Å². The number of nitrogens with two attached hydrogens (primary N) is 1. The number of amides is 1. The fourth-order valence-electron chi connectivity index (χ4n) is 2.16. The van der Waals surface area contributed by atoms with Crippen LogP contribution >= 0.6 is 0 Å². The minimum absolute atomic E-state index is 0.00704. The van der Waals surface area contributed by atoms with Crippen LogP contribution in [0.25, 0.3) is 0 Å². The SMILES string of the molecule is NC(=O)C1CCCN(S(=O)(=O)c2ccc(O)cc2)C1. The molecule has 1 amide bonds. The van der Waals surface area contributed by atoms with E-state index in [1.165, 1.54) is 28.6 Å². The summed E-state index contributed by atoms with van der Waals surface area (Å²) in [7, 11) is -3.63. The lowest BCUT2D eigenvalue weighted by atomic mass is 9.99. The van der Waals surface area contributed by atoms with Crippen molar-refractivity contribution in [3.05, 3.63) is 24.3 Å². The summed E-state index contributed by atoms with van der Waals surface area (Å²) in [6.07, 6.45) is 1.24. The van der Waals surface area contributed by atoms with Crippen LogP contribution in [-0.4, -0.2) is 36.8 Å². The van der Waals surface area contributed by atoms with Gasteiger partial charge in [-0.25, -0.2) is 8.42 Å². The molecule has 104 valence electrons. The van der Waals surface area contributed by atoms with Gasteiger partial charge in [0, 0.05) is 13.1 Å². The number of phenols is 1. The molecule has 0 saturated carbocycles. The number of sulfonamides is 1. The molecule has 1 unspecified atom stereocenters. The summed E-state index contributed by atoms with van der Waals surface area (Å²) in [5, 5.41) is 9.18. The molecule has 1 aliphatic heterocycles. The van der Waals surface area contributed by atoms with Crippen LogP contribution in [0.5, 0.6) is 5.75 Å². The van der Waals surface area contributed by atoms with Crippen molar-refractivity contribution < 1.29 is 18.3 Å². The fourth-order valence-corrected chi connectivity index (χ4v) is 3.68. The van der Waals surface area contributed by atoms with E-state index in [0.29, 0.717) is 19.4 Å². The van der Waals surface area contributed by atoms with Gasteiger partial charge in [-0.2, -0.15) is 4.31 Å². The Kier molecular flexibility index (Phi) is 3.77. The molecule has 1 saturated heterocycles. The predicted molar refractivity (Wildman–Crippen MR) is 68.8 cm³/mol. The second kappa shape index (κ2) is 5.18. The highest BCUT2D eigenvalue weighted by molar-refractivity contribution is 7.89. The highest BCUT2D eigenvalue weighted by Gasteiger charge is 2.32. The molecule has 6 nitrogen and oxygen atoms in total. The zero-order chi connectivity index (χ0) is 14.0. The molecule has 3 N–H and O–H groups in total. The number of hydrogen-bond acceptors (Lipinski definition) is 4. The van der Waals surface area contributed by atoms with Crippen molar-refractivity contribution in [3.63, 3.8) is 0 Å². The highest BCUT2D eigenvalue weighted by atomic mass is 32.2. The van der Waals surface area contributed by atoms with Gasteiger partial charge in [0.25, 0.3) is 0 Å². The van der Waals surface area contributed by atoms with Gasteiger partial charge in [-0.3, -0.25) is 4.79 Å². The molecule has 0 radical (unpaired) electrons. The first kappa shape index (κ1) is 13.8. The zero-order valence-electron chi connectivity index (χ0n) is 10.3. The second-order valence-corrected chi connectivity index (χ2v) is 6.54. The third kappa shape index (κ3) is 2.87. The number of carbonyl (C=O) groups excluding carboxylic acids is 1. The van der Waals surface area contributed by atoms with Gasteiger partial charge in [0.05, 0.1) is 10.8 Å². The van der Waals surface area contributed by atoms with E-state index in [1.807, 2.05) is 0 Å². The normalized spacial score (nSPS) is 21.2. The van der Waals surface area contributed by atoms with Crippen molar-refractivity contribution in [3.8, 4) is 5.75 Å². The standard InChI is InChI=1S/C12H16N2O4S/c13-12(16)9-2-1-7-14(8-9)19(17,18)11-5-3-10(15)4-6-11/h3-6,9,15H,1-2,7-8H2,(H2,13,16). The molecule has 7 heteroatoms. The summed E-state index contributed by atoms with van der Waals surface area (Å²) >= 11 is 0. The van der Waals surface area contributed by atoms with Crippen LogP contribution in [0, 0.1) is 5.92 Å². The van der Waals surface area contributed by atoms with E-state index in [-0.39, 0.29) is 17.2 Å². The third-order valence-electron chi connectivity index (χ3n) is 3.26. The van der Waals surface area contributed by atoms with E-state index in [0.717, 1.165) is 0 Å². The smallest absolute Gasteiger partial charge is 0.243 e. The minimum Gasteiger partial charge on any atom is -0.508 e. The first-order valence-electron chi connectivity index (χ1n) is 6.00. The first-order chi connectivity index (χ1) is 8.91. The molecule has 0 spiro atoms. The monoisotopic (exact) mass is 284 g/mol. The van der Waals surface area contributed by atoms with E-state index in [4.69, 9.17) is 5.73 Å². The number of aromatic hydroxyl groups is 1. The fraction of sp³-hybridized carbons (Fsp3) is 0.417. The Balaban J connectivity index is 2.24. The van der Waals surface area contributed by atoms with Gasteiger partial charge in [-0.05, 0) is 37.1 Å². The third-order valence-corrected chi connectivity index (χ3v) is 5.14. The van der Waals surface area contributed by atoms with Crippen LogP contribution in [0.4, 0.5) is 0 Å². The molecule has 0 aromatic heterocycles. The molecule has 0 aliphatic carbocycles. The molecule has 1 atom stereocenters. The van der Waals surface area contributed by atoms with Crippen LogP contribution in [0.1, 0.15) is 12.8 Å². The van der Waals surface area contributed by atoms with Crippen LogP contribution in [0.15, 0.2) is 29.2 Å². The number of carbonyl (C=O) groups is 1. The maximum atomic E-state index is 12.4. The van der Waals surface area contributed by atoms with Crippen molar-refractivity contribution in [1.29, 1.82) is 0 Å². The number of hydrogen-bond donors (Lipinski definition) is 2. The van der Waals surface area contributed by atoms with Crippen LogP contribution in [-0.2, 0) is 14.8 Å². The minimum atomic E-state index is -3.63. The highest BCUT2D eigenvalue weighted by Crippen LogP contribution is 2.24. The number of piperidine rings is 1. The maximum absolute atomic E-state index is 12.4. The van der Waals surface area contributed by atoms with Crippen molar-refractivity contribution in [2.45, 2.75) is 17.7 Å². The Labute approximate surface area is 111 Å². The quantitative estimate of drug-likeness (QED) is 0.832. The van der Waals surface area contributed by atoms with Gasteiger partial charge in [0.1, 0.15) is 5.75 Å². The largest absolute Gasteiger partial charge is 0.508 e. The first-order valence-corrected chi connectivity index (χ1v) is 7.44. The number of rotatable bonds is 3. The van der Waals surface area contributed by atoms with E-state index in [9.17, 15) is 18.3 Å². The van der Waals surface area contributed by atoms with E-state index < -0.39 is 21.8 Å². The van der Waals surface area contributed by atoms with Crippen molar-refractivity contribution in [2.24, 2.45) is 11.7 Å². The number of phenolic OH excluding ortho intramolecular Hbond substituents is 1.